The van der Waals surface area contributed by atoms with Crippen molar-refractivity contribution >= 4 is 17.3 Å². The van der Waals surface area contributed by atoms with Gasteiger partial charge in [-0.1, -0.05) is 0 Å². The van der Waals surface area contributed by atoms with Gasteiger partial charge in [-0.25, -0.2) is 9.98 Å². The van der Waals surface area contributed by atoms with Crippen molar-refractivity contribution in [2.24, 2.45) is 4.99 Å². The van der Waals surface area contributed by atoms with Crippen molar-refractivity contribution in [1.29, 1.82) is 0 Å². The minimum atomic E-state index is 0.225. The lowest BCUT2D eigenvalue weighted by atomic mass is 10.4. The van der Waals surface area contributed by atoms with Crippen LogP contribution in [0.5, 0.6) is 0 Å². The summed E-state index contributed by atoms with van der Waals surface area (Å²) in [6.07, 6.45) is 0. The van der Waals surface area contributed by atoms with E-state index in [0.29, 0.717) is 13.2 Å². The Balaban J connectivity index is 2.61. The third-order valence-corrected chi connectivity index (χ3v) is 3.65. The van der Waals surface area contributed by atoms with E-state index >= 15 is 0 Å². The topological polar surface area (TPSA) is 58.5 Å². The average Bonchev–Trinajstić information content (AvgIpc) is 2.66. The summed E-state index contributed by atoms with van der Waals surface area (Å²) in [5, 5.41) is 7.57. The zero-order valence-corrected chi connectivity index (χ0v) is 13.2. The lowest BCUT2D eigenvalue weighted by molar-refractivity contribution is 0.179. The minimum absolute atomic E-state index is 0.225. The molecule has 108 valence electrons. The lowest BCUT2D eigenvalue weighted by Crippen LogP contribution is -2.43. The van der Waals surface area contributed by atoms with Gasteiger partial charge in [-0.05, 0) is 27.7 Å². The number of ether oxygens (including phenoxy) is 1. The van der Waals surface area contributed by atoms with Crippen LogP contribution < -0.4 is 10.6 Å². The molecule has 0 aliphatic rings. The molecule has 1 rings (SSSR count). The number of aliphatic imine (C=N–C) groups is 1. The van der Waals surface area contributed by atoms with Crippen molar-refractivity contribution in [3.63, 3.8) is 0 Å². The molecule has 0 spiro atoms. The number of nitrogens with one attached hydrogen (secondary N) is 2. The second-order valence-corrected chi connectivity index (χ2v) is 5.73. The van der Waals surface area contributed by atoms with Crippen molar-refractivity contribution in [3.05, 3.63) is 15.6 Å². The highest BCUT2D eigenvalue weighted by molar-refractivity contribution is 7.11. The molecule has 5 nitrogen and oxygen atoms in total. The summed E-state index contributed by atoms with van der Waals surface area (Å²) < 4.78 is 5.11. The van der Waals surface area contributed by atoms with Crippen LogP contribution in [-0.2, 0) is 11.3 Å². The molecular weight excluding hydrogens is 260 g/mol. The first-order valence-electron chi connectivity index (χ1n) is 6.53. The van der Waals surface area contributed by atoms with Crippen LogP contribution in [0.4, 0.5) is 0 Å². The second-order valence-electron chi connectivity index (χ2n) is 4.45. The number of rotatable bonds is 6. The van der Waals surface area contributed by atoms with Crippen LogP contribution in [0.3, 0.4) is 0 Å². The summed E-state index contributed by atoms with van der Waals surface area (Å²) in [5.41, 5.74) is 1.10. The van der Waals surface area contributed by atoms with Crippen LogP contribution in [0.25, 0.3) is 0 Å². The monoisotopic (exact) mass is 284 g/mol. The molecule has 6 heteroatoms. The van der Waals surface area contributed by atoms with Crippen molar-refractivity contribution in [3.8, 4) is 0 Å². The zero-order chi connectivity index (χ0) is 14.3. The van der Waals surface area contributed by atoms with Crippen LogP contribution in [0.15, 0.2) is 4.99 Å². The van der Waals surface area contributed by atoms with Crippen molar-refractivity contribution < 1.29 is 4.74 Å². The third kappa shape index (κ3) is 5.57. The standard InChI is InChI=1S/C13H24N4OS/c1-6-14-13(16-9(2)8-18-5)15-7-12-17-10(3)11(4)19-12/h9H,6-8H2,1-5H3,(H2,14,15,16). The molecule has 0 amide bonds. The highest BCUT2D eigenvalue weighted by Crippen LogP contribution is 2.16. The van der Waals surface area contributed by atoms with Crippen LogP contribution in [-0.4, -0.2) is 37.2 Å². The SMILES string of the molecule is CCNC(=NCc1nc(C)c(C)s1)NC(C)COC. The van der Waals surface area contributed by atoms with Gasteiger partial charge in [-0.2, -0.15) is 0 Å². The number of aromatic nitrogens is 1. The largest absolute Gasteiger partial charge is 0.383 e. The number of aryl methyl sites for hydroxylation is 2. The molecule has 0 saturated carbocycles. The van der Waals surface area contributed by atoms with Crippen LogP contribution in [0.2, 0.25) is 0 Å². The Bertz CT molecular complexity index is 397. The maximum atomic E-state index is 5.11. The first-order valence-corrected chi connectivity index (χ1v) is 7.35. The van der Waals surface area contributed by atoms with Gasteiger partial charge in [0.05, 0.1) is 18.8 Å². The molecule has 0 radical (unpaired) electrons. The van der Waals surface area contributed by atoms with E-state index in [1.165, 1.54) is 4.88 Å². The molecule has 1 heterocycles. The number of methoxy groups -OCH3 is 1. The molecule has 0 aromatic carbocycles. The smallest absolute Gasteiger partial charge is 0.191 e. The molecule has 1 aromatic heterocycles. The van der Waals surface area contributed by atoms with E-state index in [4.69, 9.17) is 4.74 Å². The fraction of sp³-hybridized carbons (Fsp3) is 0.692. The van der Waals surface area contributed by atoms with E-state index < -0.39 is 0 Å². The van der Waals surface area contributed by atoms with Gasteiger partial charge < -0.3 is 15.4 Å². The maximum absolute atomic E-state index is 5.11. The van der Waals surface area contributed by atoms with Gasteiger partial charge >= 0.3 is 0 Å². The lowest BCUT2D eigenvalue weighted by Gasteiger charge is -2.16. The highest BCUT2D eigenvalue weighted by atomic mass is 32.1. The molecular formula is C13H24N4OS. The van der Waals surface area contributed by atoms with Gasteiger partial charge in [0.25, 0.3) is 0 Å². The first-order chi connectivity index (χ1) is 9.06. The van der Waals surface area contributed by atoms with Crippen molar-refractivity contribution in [2.45, 2.75) is 40.3 Å². The average molecular weight is 284 g/mol. The summed E-state index contributed by atoms with van der Waals surface area (Å²) in [6.45, 7) is 10.3. The number of hydrogen-bond acceptors (Lipinski definition) is 4. The van der Waals surface area contributed by atoms with Gasteiger partial charge in [-0.3, -0.25) is 0 Å². The molecule has 1 aromatic rings. The summed E-state index contributed by atoms with van der Waals surface area (Å²) in [4.78, 5) is 10.3. The predicted octanol–water partition coefficient (Wildman–Crippen LogP) is 1.85. The van der Waals surface area contributed by atoms with Gasteiger partial charge in [0.15, 0.2) is 5.96 Å². The zero-order valence-electron chi connectivity index (χ0n) is 12.4. The number of thiazole rings is 1. The van der Waals surface area contributed by atoms with Gasteiger partial charge in [-0.15, -0.1) is 11.3 Å². The van der Waals surface area contributed by atoms with E-state index in [9.17, 15) is 0 Å². The molecule has 0 aliphatic carbocycles. The second kappa shape index (κ2) is 8.12. The van der Waals surface area contributed by atoms with Crippen LogP contribution in [0, 0.1) is 13.8 Å². The fourth-order valence-corrected chi connectivity index (χ4v) is 2.46. The maximum Gasteiger partial charge on any atom is 0.191 e. The van der Waals surface area contributed by atoms with E-state index in [0.717, 1.165) is 23.2 Å². The van der Waals surface area contributed by atoms with Gasteiger partial charge in [0.2, 0.25) is 0 Å². The number of hydrogen-bond donors (Lipinski definition) is 2. The molecule has 0 aliphatic heterocycles. The van der Waals surface area contributed by atoms with Gasteiger partial charge in [0, 0.05) is 24.6 Å². The van der Waals surface area contributed by atoms with E-state index in [1.807, 2.05) is 6.92 Å². The molecule has 1 atom stereocenters. The quantitative estimate of drug-likeness (QED) is 0.618. The van der Waals surface area contributed by atoms with Crippen LogP contribution in [0.1, 0.15) is 29.4 Å². The van der Waals surface area contributed by atoms with E-state index in [1.54, 1.807) is 18.4 Å². The predicted molar refractivity (Wildman–Crippen MR) is 80.9 cm³/mol. The van der Waals surface area contributed by atoms with E-state index in [2.05, 4.69) is 41.4 Å². The van der Waals surface area contributed by atoms with Gasteiger partial charge in [0.1, 0.15) is 5.01 Å². The molecule has 0 bridgehead atoms. The summed E-state index contributed by atoms with van der Waals surface area (Å²) in [6, 6.07) is 0.225. The highest BCUT2D eigenvalue weighted by Gasteiger charge is 2.06. The third-order valence-electron chi connectivity index (χ3n) is 2.59. The molecule has 0 saturated heterocycles. The Hall–Kier alpha value is -1.14. The summed E-state index contributed by atoms with van der Waals surface area (Å²) in [5.74, 6) is 0.803. The number of guanidine groups is 1. The molecule has 0 fully saturated rings. The fourth-order valence-electron chi connectivity index (χ4n) is 1.60. The Morgan fingerprint density at radius 1 is 1.47 bits per heavy atom. The molecule has 1 unspecified atom stereocenters. The van der Waals surface area contributed by atoms with Crippen molar-refractivity contribution in [2.75, 3.05) is 20.3 Å². The summed E-state index contributed by atoms with van der Waals surface area (Å²) in [7, 11) is 1.70. The Morgan fingerprint density at radius 3 is 2.74 bits per heavy atom. The first kappa shape index (κ1) is 15.9. The Labute approximate surface area is 119 Å². The Kier molecular flexibility index (Phi) is 6.80. The summed E-state index contributed by atoms with van der Waals surface area (Å²) >= 11 is 1.71. The van der Waals surface area contributed by atoms with Crippen LogP contribution >= 0.6 is 11.3 Å². The normalized spacial score (nSPS) is 13.4. The Morgan fingerprint density at radius 2 is 2.21 bits per heavy atom. The minimum Gasteiger partial charge on any atom is -0.383 e. The van der Waals surface area contributed by atoms with Crippen molar-refractivity contribution in [1.82, 2.24) is 15.6 Å². The number of nitrogens with zero attached hydrogens (tertiary/aromatic N) is 2. The van der Waals surface area contributed by atoms with E-state index in [-0.39, 0.29) is 6.04 Å². The molecule has 2 N–H and O–H groups in total. The molecule has 19 heavy (non-hydrogen) atoms.